The van der Waals surface area contributed by atoms with Crippen LogP contribution in [0.3, 0.4) is 0 Å². The van der Waals surface area contributed by atoms with Crippen LogP contribution in [0.1, 0.15) is 10.6 Å². The van der Waals surface area contributed by atoms with Gasteiger partial charge in [-0.15, -0.1) is 11.3 Å². The summed E-state index contributed by atoms with van der Waals surface area (Å²) in [7, 11) is 0. The number of aromatic nitrogens is 2. The van der Waals surface area contributed by atoms with Gasteiger partial charge in [-0.3, -0.25) is 4.98 Å². The molecule has 0 radical (unpaired) electrons. The van der Waals surface area contributed by atoms with Gasteiger partial charge in [0.1, 0.15) is 5.82 Å². The second kappa shape index (κ2) is 7.64. The van der Waals surface area contributed by atoms with Crippen molar-refractivity contribution in [3.63, 3.8) is 0 Å². The van der Waals surface area contributed by atoms with Crippen molar-refractivity contribution >= 4 is 22.9 Å². The van der Waals surface area contributed by atoms with Crippen LogP contribution in [0.15, 0.2) is 48.1 Å². The molecule has 6 heteroatoms. The average Bonchev–Trinajstić information content (AvgIpc) is 3.05. The molecule has 0 saturated carbocycles. The minimum absolute atomic E-state index is 0.153. The Labute approximate surface area is 143 Å². The summed E-state index contributed by atoms with van der Waals surface area (Å²) in [5.74, 6) is -0.382. The van der Waals surface area contributed by atoms with Crippen molar-refractivity contribution in [3.8, 4) is 11.3 Å². The summed E-state index contributed by atoms with van der Waals surface area (Å²) in [6.45, 7) is 1.39. The average molecular weight is 348 g/mol. The summed E-state index contributed by atoms with van der Waals surface area (Å²) < 4.78 is 13.3. The number of rotatable bonds is 6. The summed E-state index contributed by atoms with van der Waals surface area (Å²) >= 11 is 7.31. The van der Waals surface area contributed by atoms with Gasteiger partial charge in [0.15, 0.2) is 0 Å². The molecule has 0 saturated heterocycles. The molecule has 0 aliphatic heterocycles. The summed E-state index contributed by atoms with van der Waals surface area (Å²) in [5, 5.41) is 6.58. The third-order valence-corrected chi connectivity index (χ3v) is 4.57. The van der Waals surface area contributed by atoms with E-state index in [9.17, 15) is 4.39 Å². The van der Waals surface area contributed by atoms with Crippen LogP contribution in [0.4, 0.5) is 4.39 Å². The van der Waals surface area contributed by atoms with E-state index in [4.69, 9.17) is 11.6 Å². The minimum atomic E-state index is -0.382. The standard InChI is InChI=1S/C17H15ClFN3S/c18-14-2-1-12(9-15(14)19)10-21-8-5-17-22-16(11-23-17)13-3-6-20-7-4-13/h1-4,6-7,9,11,21H,5,8,10H2. The lowest BCUT2D eigenvalue weighted by Gasteiger charge is -2.04. The molecule has 2 aromatic heterocycles. The van der Waals surface area contributed by atoms with Crippen molar-refractivity contribution in [1.82, 2.24) is 15.3 Å². The van der Waals surface area contributed by atoms with Crippen molar-refractivity contribution in [3.05, 3.63) is 69.5 Å². The topological polar surface area (TPSA) is 37.8 Å². The number of benzene rings is 1. The summed E-state index contributed by atoms with van der Waals surface area (Å²) in [6, 6.07) is 8.76. The number of nitrogens with zero attached hydrogens (tertiary/aromatic N) is 2. The van der Waals surface area contributed by atoms with Gasteiger partial charge in [0.25, 0.3) is 0 Å². The van der Waals surface area contributed by atoms with E-state index in [0.29, 0.717) is 6.54 Å². The zero-order chi connectivity index (χ0) is 16.1. The van der Waals surface area contributed by atoms with Crippen LogP contribution < -0.4 is 5.32 Å². The minimum Gasteiger partial charge on any atom is -0.312 e. The number of hydrogen-bond acceptors (Lipinski definition) is 4. The molecule has 2 heterocycles. The van der Waals surface area contributed by atoms with Crippen molar-refractivity contribution in [2.75, 3.05) is 6.54 Å². The maximum Gasteiger partial charge on any atom is 0.142 e. The molecule has 0 amide bonds. The molecule has 0 aliphatic rings. The van der Waals surface area contributed by atoms with Gasteiger partial charge in [0.2, 0.25) is 0 Å². The first-order valence-corrected chi connectivity index (χ1v) is 8.47. The molecule has 3 rings (SSSR count). The van der Waals surface area contributed by atoms with Crippen LogP contribution in [0.2, 0.25) is 5.02 Å². The van der Waals surface area contributed by atoms with E-state index in [0.717, 1.165) is 34.8 Å². The first kappa shape index (κ1) is 16.1. The number of thiazole rings is 1. The fourth-order valence-electron chi connectivity index (χ4n) is 2.16. The Morgan fingerprint density at radius 2 is 2.00 bits per heavy atom. The Bertz CT molecular complexity index is 777. The molecular weight excluding hydrogens is 333 g/mol. The fourth-order valence-corrected chi connectivity index (χ4v) is 3.08. The summed E-state index contributed by atoms with van der Waals surface area (Å²) in [6.07, 6.45) is 4.37. The van der Waals surface area contributed by atoms with E-state index in [-0.39, 0.29) is 10.8 Å². The van der Waals surface area contributed by atoms with Crippen molar-refractivity contribution in [2.45, 2.75) is 13.0 Å². The molecule has 0 spiro atoms. The van der Waals surface area contributed by atoms with Gasteiger partial charge in [-0.25, -0.2) is 9.37 Å². The predicted molar refractivity (Wildman–Crippen MR) is 92.2 cm³/mol. The normalized spacial score (nSPS) is 10.9. The highest BCUT2D eigenvalue weighted by Gasteiger charge is 2.05. The molecule has 0 fully saturated rings. The van der Waals surface area contributed by atoms with Gasteiger partial charge >= 0.3 is 0 Å². The lowest BCUT2D eigenvalue weighted by Crippen LogP contribution is -2.16. The Morgan fingerprint density at radius 1 is 1.17 bits per heavy atom. The molecule has 0 aliphatic carbocycles. The second-order valence-corrected chi connectivity index (χ2v) is 6.39. The highest BCUT2D eigenvalue weighted by molar-refractivity contribution is 7.09. The van der Waals surface area contributed by atoms with Crippen LogP contribution in [-0.2, 0) is 13.0 Å². The van der Waals surface area contributed by atoms with Gasteiger partial charge in [0, 0.05) is 42.8 Å². The van der Waals surface area contributed by atoms with Crippen molar-refractivity contribution in [2.24, 2.45) is 0 Å². The van der Waals surface area contributed by atoms with Gasteiger partial charge in [-0.05, 0) is 29.8 Å². The third-order valence-electron chi connectivity index (χ3n) is 3.36. The van der Waals surface area contributed by atoms with Gasteiger partial charge in [0.05, 0.1) is 15.7 Å². The molecule has 0 unspecified atom stereocenters. The van der Waals surface area contributed by atoms with Crippen LogP contribution in [0.25, 0.3) is 11.3 Å². The van der Waals surface area contributed by atoms with E-state index in [1.165, 1.54) is 6.07 Å². The fraction of sp³-hybridized carbons (Fsp3) is 0.176. The number of nitrogens with one attached hydrogen (secondary N) is 1. The van der Waals surface area contributed by atoms with Gasteiger partial charge in [-0.1, -0.05) is 17.7 Å². The second-order valence-electron chi connectivity index (χ2n) is 5.04. The Balaban J connectivity index is 1.49. The molecule has 23 heavy (non-hydrogen) atoms. The molecular formula is C17H15ClFN3S. The van der Waals surface area contributed by atoms with Crippen LogP contribution in [-0.4, -0.2) is 16.5 Å². The monoisotopic (exact) mass is 347 g/mol. The first-order valence-electron chi connectivity index (χ1n) is 7.22. The van der Waals surface area contributed by atoms with Gasteiger partial charge < -0.3 is 5.32 Å². The van der Waals surface area contributed by atoms with Crippen molar-refractivity contribution in [1.29, 1.82) is 0 Å². The highest BCUT2D eigenvalue weighted by atomic mass is 35.5. The molecule has 0 bridgehead atoms. The van der Waals surface area contributed by atoms with Crippen LogP contribution >= 0.6 is 22.9 Å². The van der Waals surface area contributed by atoms with Crippen LogP contribution in [0.5, 0.6) is 0 Å². The van der Waals surface area contributed by atoms with Crippen molar-refractivity contribution < 1.29 is 4.39 Å². The highest BCUT2D eigenvalue weighted by Crippen LogP contribution is 2.21. The lowest BCUT2D eigenvalue weighted by molar-refractivity contribution is 0.620. The maximum atomic E-state index is 13.3. The smallest absolute Gasteiger partial charge is 0.142 e. The third kappa shape index (κ3) is 4.34. The molecule has 118 valence electrons. The van der Waals surface area contributed by atoms with E-state index >= 15 is 0 Å². The van der Waals surface area contributed by atoms with Gasteiger partial charge in [-0.2, -0.15) is 0 Å². The van der Waals surface area contributed by atoms with Crippen LogP contribution in [0, 0.1) is 5.82 Å². The number of hydrogen-bond donors (Lipinski definition) is 1. The predicted octanol–water partition coefficient (Wildman–Crippen LogP) is 4.33. The van der Waals surface area contributed by atoms with E-state index < -0.39 is 0 Å². The zero-order valence-corrected chi connectivity index (χ0v) is 13.9. The lowest BCUT2D eigenvalue weighted by atomic mass is 10.2. The van der Waals surface area contributed by atoms with E-state index in [2.05, 4.69) is 20.7 Å². The summed E-state index contributed by atoms with van der Waals surface area (Å²) in [5.41, 5.74) is 2.93. The molecule has 1 N–H and O–H groups in total. The number of halogens is 2. The molecule has 3 nitrogen and oxygen atoms in total. The summed E-state index contributed by atoms with van der Waals surface area (Å²) in [4.78, 5) is 8.63. The maximum absolute atomic E-state index is 13.3. The molecule has 1 aromatic carbocycles. The Morgan fingerprint density at radius 3 is 2.78 bits per heavy atom. The van der Waals surface area contributed by atoms with E-state index in [1.807, 2.05) is 18.2 Å². The quantitative estimate of drug-likeness (QED) is 0.674. The number of pyridine rings is 1. The Hall–Kier alpha value is -1.82. The molecule has 3 aromatic rings. The SMILES string of the molecule is Fc1cc(CNCCc2nc(-c3ccncc3)cs2)ccc1Cl. The van der Waals surface area contributed by atoms with E-state index in [1.54, 1.807) is 29.8 Å². The molecule has 0 atom stereocenters. The largest absolute Gasteiger partial charge is 0.312 e. The first-order chi connectivity index (χ1) is 11.2. The zero-order valence-electron chi connectivity index (χ0n) is 12.3. The Kier molecular flexibility index (Phi) is 5.33.